The molecule has 0 unspecified atom stereocenters. The first-order valence-corrected chi connectivity index (χ1v) is 14.4. The molecule has 0 aliphatic carbocycles. The first kappa shape index (κ1) is 18.5. The molecular weight excluding hydrogens is 431 g/mol. The van der Waals surface area contributed by atoms with Gasteiger partial charge >= 0.3 is 174 Å². The van der Waals surface area contributed by atoms with Gasteiger partial charge in [-0.25, -0.2) is 0 Å². The molecule has 0 atom stereocenters. The van der Waals surface area contributed by atoms with Crippen LogP contribution in [0.3, 0.4) is 0 Å². The molecule has 27 heavy (non-hydrogen) atoms. The maximum absolute atomic E-state index is 2.23. The summed E-state index contributed by atoms with van der Waals surface area (Å²) in [5, 5.41) is 0. The molecule has 0 amide bonds. The van der Waals surface area contributed by atoms with Gasteiger partial charge in [0.05, 0.1) is 0 Å². The third-order valence-electron chi connectivity index (χ3n) is 4.19. The van der Waals surface area contributed by atoms with Crippen molar-refractivity contribution in [1.82, 2.24) is 0 Å². The van der Waals surface area contributed by atoms with Crippen molar-refractivity contribution in [1.29, 1.82) is 0 Å². The summed E-state index contributed by atoms with van der Waals surface area (Å²) in [6.45, 7) is 0. The van der Waals surface area contributed by atoms with Crippen LogP contribution in [0.4, 0.5) is 0 Å². The van der Waals surface area contributed by atoms with E-state index in [9.17, 15) is 0 Å². The molecule has 0 fully saturated rings. The Labute approximate surface area is 173 Å². The van der Waals surface area contributed by atoms with Crippen LogP contribution < -0.4 is 0 Å². The normalized spacial score (nSPS) is 10.7. The molecule has 0 saturated carbocycles. The number of rotatable bonds is 6. The van der Waals surface area contributed by atoms with E-state index in [0.717, 1.165) is 0 Å². The van der Waals surface area contributed by atoms with Crippen molar-refractivity contribution in [3.63, 3.8) is 0 Å². The SMILES string of the molecule is c1ccc(-c2ccccc2S[Se]Sc2ccccc2-c2ccccc2)cc1. The van der Waals surface area contributed by atoms with E-state index in [2.05, 4.69) is 109 Å². The Morgan fingerprint density at radius 2 is 0.778 bits per heavy atom. The number of hydrogen-bond acceptors (Lipinski definition) is 2. The van der Waals surface area contributed by atoms with Gasteiger partial charge in [0.25, 0.3) is 0 Å². The van der Waals surface area contributed by atoms with Gasteiger partial charge in [0, 0.05) is 0 Å². The Balaban J connectivity index is 1.51. The summed E-state index contributed by atoms with van der Waals surface area (Å²) in [4.78, 5) is 2.71. The van der Waals surface area contributed by atoms with Crippen LogP contribution >= 0.6 is 20.4 Å². The van der Waals surface area contributed by atoms with Crippen LogP contribution in [0.15, 0.2) is 119 Å². The van der Waals surface area contributed by atoms with E-state index in [1.807, 2.05) is 20.4 Å². The van der Waals surface area contributed by atoms with Gasteiger partial charge < -0.3 is 0 Å². The van der Waals surface area contributed by atoms with Gasteiger partial charge in [-0.15, -0.1) is 0 Å². The molecule has 0 saturated heterocycles. The second-order valence-corrected chi connectivity index (χ2v) is 12.4. The predicted octanol–water partition coefficient (Wildman–Crippen LogP) is 7.44. The van der Waals surface area contributed by atoms with E-state index in [1.165, 1.54) is 32.0 Å². The van der Waals surface area contributed by atoms with Crippen molar-refractivity contribution in [2.45, 2.75) is 9.79 Å². The van der Waals surface area contributed by atoms with Crippen LogP contribution in [0, 0.1) is 0 Å². The third kappa shape index (κ3) is 4.69. The molecule has 0 aliphatic rings. The quantitative estimate of drug-likeness (QED) is 0.281. The van der Waals surface area contributed by atoms with E-state index >= 15 is 0 Å². The van der Waals surface area contributed by atoms with Gasteiger partial charge in [-0.3, -0.25) is 0 Å². The van der Waals surface area contributed by atoms with Gasteiger partial charge in [0.2, 0.25) is 0 Å². The van der Waals surface area contributed by atoms with Crippen molar-refractivity contribution in [3.8, 4) is 22.3 Å². The molecule has 3 heteroatoms. The van der Waals surface area contributed by atoms with Crippen molar-refractivity contribution in [2.75, 3.05) is 0 Å². The predicted molar refractivity (Wildman–Crippen MR) is 121 cm³/mol. The Hall–Kier alpha value is -1.90. The van der Waals surface area contributed by atoms with Crippen molar-refractivity contribution >= 4 is 33.1 Å². The summed E-state index contributed by atoms with van der Waals surface area (Å²) < 4.78 is 0. The zero-order valence-electron chi connectivity index (χ0n) is 14.6. The van der Waals surface area contributed by atoms with Gasteiger partial charge in [0.15, 0.2) is 0 Å². The standard InChI is InChI=1S/C24H18S2Se/c1-3-11-19(12-4-1)21-15-7-9-17-23(21)25-27-26-24-18-10-8-16-22(24)20-13-5-2-6-14-20/h1-18H. The molecular formula is C24H18S2Se. The summed E-state index contributed by atoms with van der Waals surface area (Å²) in [5.74, 6) is 0. The Kier molecular flexibility index (Phi) is 6.39. The molecule has 132 valence electrons. The summed E-state index contributed by atoms with van der Waals surface area (Å²) in [5.41, 5.74) is 5.21. The van der Waals surface area contributed by atoms with E-state index in [0.29, 0.717) is 12.7 Å². The molecule has 0 heterocycles. The van der Waals surface area contributed by atoms with Crippen LogP contribution in [0.2, 0.25) is 0 Å². The van der Waals surface area contributed by atoms with Crippen LogP contribution in [-0.2, 0) is 0 Å². The molecule has 0 nitrogen and oxygen atoms in total. The van der Waals surface area contributed by atoms with Crippen LogP contribution in [0.5, 0.6) is 0 Å². The molecule has 0 radical (unpaired) electrons. The molecule has 0 bridgehead atoms. The Bertz CT molecular complexity index is 918. The Morgan fingerprint density at radius 3 is 1.22 bits per heavy atom. The molecule has 0 aromatic heterocycles. The molecule has 0 spiro atoms. The first-order valence-electron chi connectivity index (χ1n) is 8.72. The minimum absolute atomic E-state index is 0.357. The van der Waals surface area contributed by atoms with Gasteiger partial charge in [-0.2, -0.15) is 0 Å². The van der Waals surface area contributed by atoms with Crippen LogP contribution in [0.25, 0.3) is 22.3 Å². The molecule has 0 aliphatic heterocycles. The fourth-order valence-corrected chi connectivity index (χ4v) is 9.66. The van der Waals surface area contributed by atoms with E-state index in [-0.39, 0.29) is 0 Å². The molecule has 4 aromatic rings. The van der Waals surface area contributed by atoms with E-state index in [4.69, 9.17) is 0 Å². The summed E-state index contributed by atoms with van der Waals surface area (Å²) in [6, 6.07) is 38.7. The second kappa shape index (κ2) is 9.34. The van der Waals surface area contributed by atoms with E-state index in [1.54, 1.807) is 0 Å². The molecule has 4 rings (SSSR count). The van der Waals surface area contributed by atoms with Gasteiger partial charge in [-0.05, 0) is 0 Å². The van der Waals surface area contributed by atoms with Crippen molar-refractivity contribution in [2.24, 2.45) is 0 Å². The van der Waals surface area contributed by atoms with Crippen LogP contribution in [0.1, 0.15) is 0 Å². The zero-order valence-corrected chi connectivity index (χ0v) is 18.0. The number of benzene rings is 4. The minimum atomic E-state index is 0.357. The molecule has 4 aromatic carbocycles. The number of hydrogen-bond donors (Lipinski definition) is 0. The zero-order chi connectivity index (χ0) is 18.3. The van der Waals surface area contributed by atoms with E-state index < -0.39 is 0 Å². The monoisotopic (exact) mass is 450 g/mol. The fraction of sp³-hybridized carbons (Fsp3) is 0. The van der Waals surface area contributed by atoms with Gasteiger partial charge in [-0.1, -0.05) is 0 Å². The average Bonchev–Trinajstić information content (AvgIpc) is 2.76. The summed E-state index contributed by atoms with van der Waals surface area (Å²) in [6.07, 6.45) is 0. The van der Waals surface area contributed by atoms with Gasteiger partial charge in [0.1, 0.15) is 0 Å². The fourth-order valence-electron chi connectivity index (χ4n) is 2.88. The summed E-state index contributed by atoms with van der Waals surface area (Å²) in [7, 11) is 3.93. The molecule has 0 N–H and O–H groups in total. The second-order valence-electron chi connectivity index (χ2n) is 5.96. The summed E-state index contributed by atoms with van der Waals surface area (Å²) >= 11 is 0.357. The topological polar surface area (TPSA) is 0 Å². The van der Waals surface area contributed by atoms with Crippen molar-refractivity contribution in [3.05, 3.63) is 109 Å². The van der Waals surface area contributed by atoms with Crippen molar-refractivity contribution < 1.29 is 0 Å². The third-order valence-corrected chi connectivity index (χ3v) is 10.6. The average molecular weight is 450 g/mol. The Morgan fingerprint density at radius 1 is 0.407 bits per heavy atom. The first-order chi connectivity index (χ1) is 13.4. The van der Waals surface area contributed by atoms with Crippen LogP contribution in [-0.4, -0.2) is 12.7 Å². The maximum atomic E-state index is 2.23.